The van der Waals surface area contributed by atoms with E-state index in [0.29, 0.717) is 0 Å². The van der Waals surface area contributed by atoms with Crippen molar-refractivity contribution in [1.82, 2.24) is 0 Å². The Morgan fingerprint density at radius 3 is 1.00 bits per heavy atom. The summed E-state index contributed by atoms with van der Waals surface area (Å²) >= 11 is 0. The van der Waals surface area contributed by atoms with E-state index >= 15 is 0 Å². The van der Waals surface area contributed by atoms with E-state index in [2.05, 4.69) is 99.4 Å². The number of hydrogen-bond donors (Lipinski definition) is 0. The van der Waals surface area contributed by atoms with E-state index in [1.807, 2.05) is 0 Å². The largest absolute Gasteiger partial charge is 0.301 e. The molecule has 0 nitrogen and oxygen atoms in total. The SMILES string of the molecule is C#C[B-](c1ccc(C)cc1)(c1ccc(C)cc1)c1ccc(C)cc1. The summed E-state index contributed by atoms with van der Waals surface area (Å²) in [6.07, 6.45) is 4.78. The molecule has 24 heavy (non-hydrogen) atoms. The maximum absolute atomic E-state index is 6.20. The van der Waals surface area contributed by atoms with E-state index in [-0.39, 0.29) is 0 Å². The zero-order valence-electron chi connectivity index (χ0n) is 14.6. The fraction of sp³-hybridized carbons (Fsp3) is 0.130. The number of rotatable bonds is 3. The van der Waals surface area contributed by atoms with Gasteiger partial charge < -0.3 is 5.82 Å². The Balaban J connectivity index is 2.30. The first-order valence-electron chi connectivity index (χ1n) is 8.41. The maximum atomic E-state index is 6.20. The van der Waals surface area contributed by atoms with E-state index in [1.165, 1.54) is 33.1 Å². The predicted molar refractivity (Wildman–Crippen MR) is 107 cm³/mol. The zero-order valence-corrected chi connectivity index (χ0v) is 14.6. The molecule has 0 saturated carbocycles. The highest BCUT2D eigenvalue weighted by Crippen LogP contribution is 2.09. The van der Waals surface area contributed by atoms with Crippen molar-refractivity contribution >= 4 is 22.5 Å². The minimum atomic E-state index is -1.41. The molecule has 1 heteroatoms. The van der Waals surface area contributed by atoms with Crippen LogP contribution in [0.5, 0.6) is 0 Å². The number of aryl methyl sites for hydroxylation is 3. The highest BCUT2D eigenvalue weighted by Gasteiger charge is 2.27. The molecule has 0 aliphatic heterocycles. The Morgan fingerprint density at radius 1 is 0.542 bits per heavy atom. The van der Waals surface area contributed by atoms with Gasteiger partial charge in [-0.2, -0.15) is 22.8 Å². The van der Waals surface area contributed by atoms with Gasteiger partial charge in [-0.15, -0.1) is 0 Å². The third-order valence-corrected chi connectivity index (χ3v) is 4.98. The van der Waals surface area contributed by atoms with Crippen molar-refractivity contribution < 1.29 is 0 Å². The molecular formula is C23H22B-. The van der Waals surface area contributed by atoms with Gasteiger partial charge in [0.1, 0.15) is 6.15 Å². The molecule has 3 aromatic rings. The number of terminal acetylenes is 1. The summed E-state index contributed by atoms with van der Waals surface area (Å²) in [5.74, 6) is 3.19. The van der Waals surface area contributed by atoms with E-state index < -0.39 is 6.15 Å². The first kappa shape index (κ1) is 16.2. The standard InChI is InChI=1S/C23H22B/c1-5-24(21-12-6-18(2)7-13-21,22-14-8-19(3)9-15-22)23-16-10-20(4)11-17-23/h1,6-17H,2-4H3/q-1. The first-order valence-corrected chi connectivity index (χ1v) is 8.41. The molecule has 0 atom stereocenters. The van der Waals surface area contributed by atoms with Crippen LogP contribution < -0.4 is 16.4 Å². The van der Waals surface area contributed by atoms with Crippen LogP contribution in [0.15, 0.2) is 72.8 Å². The summed E-state index contributed by atoms with van der Waals surface area (Å²) in [5, 5.41) is 0. The molecule has 0 radical (unpaired) electrons. The van der Waals surface area contributed by atoms with Crippen LogP contribution in [0.25, 0.3) is 0 Å². The smallest absolute Gasteiger partial charge is 0.148 e. The van der Waals surface area contributed by atoms with Gasteiger partial charge in [0.2, 0.25) is 0 Å². The van der Waals surface area contributed by atoms with E-state index in [1.54, 1.807) is 0 Å². The van der Waals surface area contributed by atoms with Crippen LogP contribution in [0.1, 0.15) is 16.7 Å². The third kappa shape index (κ3) is 2.77. The monoisotopic (exact) mass is 309 g/mol. The summed E-state index contributed by atoms with van der Waals surface area (Å²) in [4.78, 5) is 0. The van der Waals surface area contributed by atoms with Gasteiger partial charge >= 0.3 is 0 Å². The molecule has 0 aliphatic rings. The average Bonchev–Trinajstić information content (AvgIpc) is 2.60. The van der Waals surface area contributed by atoms with Gasteiger partial charge in [-0.1, -0.05) is 89.5 Å². The first-order chi connectivity index (χ1) is 11.6. The highest BCUT2D eigenvalue weighted by molar-refractivity contribution is 7.16. The quantitative estimate of drug-likeness (QED) is 0.515. The fourth-order valence-electron chi connectivity index (χ4n) is 3.43. The second kappa shape index (κ2) is 6.42. The van der Waals surface area contributed by atoms with E-state index in [4.69, 9.17) is 6.42 Å². The van der Waals surface area contributed by atoms with Crippen molar-refractivity contribution in [2.24, 2.45) is 0 Å². The molecule has 0 aliphatic carbocycles. The molecule has 3 aromatic carbocycles. The molecule has 0 saturated heterocycles. The molecule has 0 N–H and O–H groups in total. The van der Waals surface area contributed by atoms with Crippen molar-refractivity contribution in [1.29, 1.82) is 0 Å². The van der Waals surface area contributed by atoms with Crippen molar-refractivity contribution in [3.05, 3.63) is 89.5 Å². The second-order valence-electron chi connectivity index (χ2n) is 6.76. The molecule has 0 fully saturated rings. The van der Waals surface area contributed by atoms with Crippen LogP contribution in [0.4, 0.5) is 0 Å². The lowest BCUT2D eigenvalue weighted by atomic mass is 9.16. The van der Waals surface area contributed by atoms with Crippen molar-refractivity contribution in [2.45, 2.75) is 20.8 Å². The van der Waals surface area contributed by atoms with Crippen LogP contribution in [-0.2, 0) is 0 Å². The Bertz CT molecular complexity index is 752. The van der Waals surface area contributed by atoms with Gasteiger partial charge in [0.15, 0.2) is 0 Å². The van der Waals surface area contributed by atoms with Crippen LogP contribution in [-0.4, -0.2) is 6.15 Å². The Hall–Kier alpha value is -2.72. The zero-order chi connectivity index (χ0) is 17.2. The third-order valence-electron chi connectivity index (χ3n) is 4.98. The Kier molecular flexibility index (Phi) is 4.32. The number of hydrogen-bond acceptors (Lipinski definition) is 0. The summed E-state index contributed by atoms with van der Waals surface area (Å²) in [7, 11) is 0. The van der Waals surface area contributed by atoms with Crippen molar-refractivity contribution in [3.63, 3.8) is 0 Å². The molecule has 0 unspecified atom stereocenters. The van der Waals surface area contributed by atoms with Gasteiger partial charge in [-0.25, -0.2) is 0 Å². The fourth-order valence-corrected chi connectivity index (χ4v) is 3.43. The van der Waals surface area contributed by atoms with Crippen LogP contribution >= 0.6 is 0 Å². The molecule has 0 spiro atoms. The van der Waals surface area contributed by atoms with Gasteiger partial charge in [0.05, 0.1) is 0 Å². The van der Waals surface area contributed by atoms with Gasteiger partial charge in [-0.3, -0.25) is 0 Å². The van der Waals surface area contributed by atoms with Crippen molar-refractivity contribution in [3.8, 4) is 12.2 Å². The molecule has 118 valence electrons. The lowest BCUT2D eigenvalue weighted by Gasteiger charge is -2.38. The molecule has 0 aromatic heterocycles. The summed E-state index contributed by atoms with van der Waals surface area (Å²) in [6.45, 7) is 6.31. The molecular weight excluding hydrogens is 287 g/mol. The molecule has 3 rings (SSSR count). The maximum Gasteiger partial charge on any atom is 0.148 e. The lowest BCUT2D eigenvalue weighted by Crippen LogP contribution is -2.66. The average molecular weight is 309 g/mol. The number of benzene rings is 3. The Labute approximate surface area is 145 Å². The van der Waals surface area contributed by atoms with Crippen LogP contribution in [0.3, 0.4) is 0 Å². The summed E-state index contributed by atoms with van der Waals surface area (Å²) in [5.41, 5.74) is 7.30. The summed E-state index contributed by atoms with van der Waals surface area (Å²) in [6, 6.07) is 25.9. The predicted octanol–water partition coefficient (Wildman–Crippen LogP) is 3.25. The van der Waals surface area contributed by atoms with Gasteiger partial charge in [-0.05, 0) is 20.8 Å². The van der Waals surface area contributed by atoms with Gasteiger partial charge in [0.25, 0.3) is 0 Å². The van der Waals surface area contributed by atoms with Gasteiger partial charge in [0, 0.05) is 0 Å². The normalized spacial score (nSPS) is 11.1. The topological polar surface area (TPSA) is 0 Å². The molecule has 0 bridgehead atoms. The molecule has 0 amide bonds. The summed E-state index contributed by atoms with van der Waals surface area (Å²) < 4.78 is 0. The highest BCUT2D eigenvalue weighted by atomic mass is 14.1. The lowest BCUT2D eigenvalue weighted by molar-refractivity contribution is 1.47. The van der Waals surface area contributed by atoms with Crippen LogP contribution in [0, 0.1) is 33.0 Å². The Morgan fingerprint density at radius 2 is 0.792 bits per heavy atom. The minimum absolute atomic E-state index is 1.19. The molecule has 0 heterocycles. The second-order valence-corrected chi connectivity index (χ2v) is 6.76. The minimum Gasteiger partial charge on any atom is -0.301 e. The van der Waals surface area contributed by atoms with E-state index in [9.17, 15) is 0 Å². The van der Waals surface area contributed by atoms with Crippen LogP contribution in [0.2, 0.25) is 0 Å². The van der Waals surface area contributed by atoms with Crippen molar-refractivity contribution in [2.75, 3.05) is 0 Å². The van der Waals surface area contributed by atoms with E-state index in [0.717, 1.165) is 0 Å².